The molecule has 0 aliphatic heterocycles. The van der Waals surface area contributed by atoms with Crippen molar-refractivity contribution in [1.29, 1.82) is 0 Å². The summed E-state index contributed by atoms with van der Waals surface area (Å²) < 4.78 is 29.8. The van der Waals surface area contributed by atoms with Gasteiger partial charge in [0.25, 0.3) is 15.9 Å². The zero-order valence-corrected chi connectivity index (χ0v) is 22.5. The summed E-state index contributed by atoms with van der Waals surface area (Å²) in [5, 5.41) is 6.23. The van der Waals surface area contributed by atoms with Gasteiger partial charge in [-0.3, -0.25) is 9.59 Å². The third-order valence-electron chi connectivity index (χ3n) is 6.47. The number of ketones is 1. The molecule has 8 heteroatoms. The molecule has 196 valence electrons. The Morgan fingerprint density at radius 2 is 1.41 bits per heavy atom. The number of anilines is 1. The Labute approximate surface area is 231 Å². The minimum atomic E-state index is -3.99. The average Bonchev–Trinajstić information content (AvgIpc) is 3.52. The number of carbonyl (C=O) groups is 2. The van der Waals surface area contributed by atoms with Crippen LogP contribution in [0.15, 0.2) is 125 Å². The molecule has 1 aromatic heterocycles. The minimum Gasteiger partial charge on any atom is -0.319 e. The summed E-state index contributed by atoms with van der Waals surface area (Å²) in [6.07, 6.45) is 0.159. The van der Waals surface area contributed by atoms with Gasteiger partial charge in [-0.15, -0.1) is 11.3 Å². The molecule has 0 radical (unpaired) electrons. The molecule has 0 spiro atoms. The first-order valence-electron chi connectivity index (χ1n) is 12.4. The Bertz CT molecular complexity index is 1690. The van der Waals surface area contributed by atoms with Gasteiger partial charge in [0.1, 0.15) is 4.21 Å². The number of para-hydroxylation sites is 1. The Kier molecular flexibility index (Phi) is 7.97. The van der Waals surface area contributed by atoms with Crippen LogP contribution < -0.4 is 10.0 Å². The van der Waals surface area contributed by atoms with Gasteiger partial charge in [-0.05, 0) is 58.0 Å². The number of hydrogen-bond donors (Lipinski definition) is 2. The molecule has 1 heterocycles. The largest absolute Gasteiger partial charge is 0.319 e. The first kappa shape index (κ1) is 26.5. The van der Waals surface area contributed by atoms with Crippen LogP contribution in [0, 0.1) is 5.92 Å². The summed E-state index contributed by atoms with van der Waals surface area (Å²) in [4.78, 5) is 27.1. The van der Waals surface area contributed by atoms with Crippen LogP contribution in [0.5, 0.6) is 0 Å². The fourth-order valence-electron chi connectivity index (χ4n) is 4.54. The van der Waals surface area contributed by atoms with E-state index < -0.39 is 33.7 Å². The highest BCUT2D eigenvalue weighted by Crippen LogP contribution is 2.32. The third kappa shape index (κ3) is 6.31. The predicted molar refractivity (Wildman–Crippen MR) is 155 cm³/mol. The minimum absolute atomic E-state index is 0.132. The number of thiophene rings is 1. The molecule has 5 rings (SSSR count). The number of amides is 1. The van der Waals surface area contributed by atoms with Crippen LogP contribution in [0.1, 0.15) is 17.2 Å². The normalized spacial score (nSPS) is 13.0. The topological polar surface area (TPSA) is 92.3 Å². The van der Waals surface area contributed by atoms with Crippen molar-refractivity contribution < 1.29 is 18.0 Å². The molecule has 0 unspecified atom stereocenters. The van der Waals surface area contributed by atoms with Gasteiger partial charge in [-0.2, -0.15) is 0 Å². The van der Waals surface area contributed by atoms with Crippen molar-refractivity contribution in [3.05, 3.63) is 132 Å². The molecular weight excluding hydrogens is 528 g/mol. The predicted octanol–water partition coefficient (Wildman–Crippen LogP) is 5.99. The van der Waals surface area contributed by atoms with Crippen molar-refractivity contribution >= 4 is 49.5 Å². The number of nitrogens with one attached hydrogen (secondary N) is 2. The fourth-order valence-corrected chi connectivity index (χ4v) is 6.81. The van der Waals surface area contributed by atoms with Crippen LogP contribution in [0.4, 0.5) is 5.69 Å². The Morgan fingerprint density at radius 1 is 0.744 bits per heavy atom. The Balaban J connectivity index is 1.59. The first-order chi connectivity index (χ1) is 18.9. The second-order valence-electron chi connectivity index (χ2n) is 9.12. The van der Waals surface area contributed by atoms with E-state index in [0.29, 0.717) is 11.3 Å². The zero-order chi connectivity index (χ0) is 27.2. The summed E-state index contributed by atoms with van der Waals surface area (Å²) in [5.41, 5.74) is 1.89. The smallest absolute Gasteiger partial charge is 0.292 e. The van der Waals surface area contributed by atoms with Crippen LogP contribution in [-0.2, 0) is 26.0 Å². The monoisotopic (exact) mass is 554 g/mol. The van der Waals surface area contributed by atoms with Gasteiger partial charge in [0, 0.05) is 5.69 Å². The molecule has 0 fully saturated rings. The molecule has 1 amide bonds. The number of benzene rings is 4. The molecule has 2 N–H and O–H groups in total. The summed E-state index contributed by atoms with van der Waals surface area (Å²) in [7, 11) is -3.99. The first-order valence-corrected chi connectivity index (χ1v) is 14.8. The lowest BCUT2D eigenvalue weighted by Crippen LogP contribution is -2.41. The van der Waals surface area contributed by atoms with Gasteiger partial charge in [-0.25, -0.2) is 13.1 Å². The van der Waals surface area contributed by atoms with E-state index in [-0.39, 0.29) is 10.6 Å². The number of fused-ring (bicyclic) bond motifs is 1. The summed E-state index contributed by atoms with van der Waals surface area (Å²) in [5.74, 6) is -2.54. The molecule has 5 aromatic rings. The van der Waals surface area contributed by atoms with Crippen LogP contribution >= 0.6 is 11.3 Å². The van der Waals surface area contributed by atoms with Crippen molar-refractivity contribution in [2.75, 3.05) is 5.32 Å². The van der Waals surface area contributed by atoms with E-state index >= 15 is 0 Å². The molecule has 0 aliphatic carbocycles. The van der Waals surface area contributed by atoms with E-state index in [0.717, 1.165) is 27.7 Å². The van der Waals surface area contributed by atoms with E-state index in [1.165, 1.54) is 6.07 Å². The SMILES string of the molecule is O=C(Nc1ccccc1)C(=O)[C@H](Cc1ccccc1)[C@@H](NS(=O)(=O)c1cccs1)c1ccc2ccccc2c1. The lowest BCUT2D eigenvalue weighted by molar-refractivity contribution is -0.137. The number of rotatable bonds is 10. The van der Waals surface area contributed by atoms with Crippen molar-refractivity contribution in [3.63, 3.8) is 0 Å². The second-order valence-corrected chi connectivity index (χ2v) is 12.0. The Hall–Kier alpha value is -4.11. The van der Waals surface area contributed by atoms with Gasteiger partial charge in [0.05, 0.1) is 12.0 Å². The molecule has 4 aromatic carbocycles. The molecule has 6 nitrogen and oxygen atoms in total. The number of Topliss-reactive ketones (excluding diaryl/α,β-unsaturated/α-hetero) is 1. The molecular formula is C31H26N2O4S2. The van der Waals surface area contributed by atoms with Crippen molar-refractivity contribution in [2.45, 2.75) is 16.7 Å². The van der Waals surface area contributed by atoms with E-state index in [1.54, 1.807) is 35.7 Å². The van der Waals surface area contributed by atoms with Crippen molar-refractivity contribution in [1.82, 2.24) is 4.72 Å². The highest BCUT2D eigenvalue weighted by molar-refractivity contribution is 7.91. The van der Waals surface area contributed by atoms with Gasteiger partial charge in [-0.1, -0.05) is 91.0 Å². The summed E-state index contributed by atoms with van der Waals surface area (Å²) in [6, 6.07) is 33.5. The maximum atomic E-state index is 13.9. The average molecular weight is 555 g/mol. The van der Waals surface area contributed by atoms with E-state index in [9.17, 15) is 18.0 Å². The van der Waals surface area contributed by atoms with Gasteiger partial charge < -0.3 is 5.32 Å². The van der Waals surface area contributed by atoms with E-state index in [1.807, 2.05) is 78.9 Å². The fraction of sp³-hybridized carbons (Fsp3) is 0.0968. The molecule has 0 saturated carbocycles. The van der Waals surface area contributed by atoms with Gasteiger partial charge in [0.15, 0.2) is 0 Å². The lowest BCUT2D eigenvalue weighted by atomic mass is 9.84. The van der Waals surface area contributed by atoms with Crippen LogP contribution in [0.2, 0.25) is 0 Å². The summed E-state index contributed by atoms with van der Waals surface area (Å²) in [6.45, 7) is 0. The van der Waals surface area contributed by atoms with E-state index in [4.69, 9.17) is 0 Å². The quantitative estimate of drug-likeness (QED) is 0.208. The van der Waals surface area contributed by atoms with Crippen LogP contribution in [0.3, 0.4) is 0 Å². The molecule has 0 aliphatic rings. The van der Waals surface area contributed by atoms with Gasteiger partial charge >= 0.3 is 0 Å². The summed E-state index contributed by atoms with van der Waals surface area (Å²) >= 11 is 1.09. The van der Waals surface area contributed by atoms with Crippen molar-refractivity contribution in [3.8, 4) is 0 Å². The van der Waals surface area contributed by atoms with Gasteiger partial charge in [0.2, 0.25) is 5.78 Å². The maximum Gasteiger partial charge on any atom is 0.292 e. The highest BCUT2D eigenvalue weighted by Gasteiger charge is 2.37. The molecule has 0 saturated heterocycles. The lowest BCUT2D eigenvalue weighted by Gasteiger charge is -2.27. The second kappa shape index (κ2) is 11.7. The third-order valence-corrected chi connectivity index (χ3v) is 9.31. The van der Waals surface area contributed by atoms with E-state index in [2.05, 4.69) is 10.0 Å². The molecule has 0 bridgehead atoms. The number of hydrogen-bond acceptors (Lipinski definition) is 5. The highest BCUT2D eigenvalue weighted by atomic mass is 32.2. The number of sulfonamides is 1. The molecule has 39 heavy (non-hydrogen) atoms. The maximum absolute atomic E-state index is 13.9. The number of carbonyl (C=O) groups excluding carboxylic acids is 2. The zero-order valence-electron chi connectivity index (χ0n) is 20.9. The van der Waals surface area contributed by atoms with Crippen LogP contribution in [0.25, 0.3) is 10.8 Å². The standard InChI is InChI=1S/C31H26N2O4S2/c34-30(31(35)32-26-14-5-2-6-15-26)27(20-22-10-3-1-4-11-22)29(33-39(36,37)28-16-9-19-38-28)25-18-17-23-12-7-8-13-24(23)21-25/h1-19,21,27,29,33H,20H2,(H,32,35)/t27-,29+/m1/s1. The molecule has 2 atom stereocenters. The van der Waals surface area contributed by atoms with Crippen molar-refractivity contribution in [2.24, 2.45) is 5.92 Å². The Morgan fingerprint density at radius 3 is 2.10 bits per heavy atom. The van der Waals surface area contributed by atoms with Crippen LogP contribution in [-0.4, -0.2) is 20.1 Å².